The van der Waals surface area contributed by atoms with Crippen LogP contribution in [-0.4, -0.2) is 26.9 Å². The fourth-order valence-electron chi connectivity index (χ4n) is 1.73. The summed E-state index contributed by atoms with van der Waals surface area (Å²) in [6, 6.07) is 8.30. The Kier molecular flexibility index (Phi) is 4.52. The summed E-state index contributed by atoms with van der Waals surface area (Å²) in [6.45, 7) is 0.158. The largest absolute Gasteiger partial charge is 0.495 e. The molecule has 0 saturated heterocycles. The Morgan fingerprint density at radius 3 is 2.70 bits per heavy atom. The molecule has 1 aromatic carbocycles. The van der Waals surface area contributed by atoms with Gasteiger partial charge in [0.25, 0.3) is 0 Å². The van der Waals surface area contributed by atoms with Crippen molar-refractivity contribution in [2.45, 2.75) is 11.4 Å². The van der Waals surface area contributed by atoms with E-state index in [-0.39, 0.29) is 11.4 Å². The fourth-order valence-corrected chi connectivity index (χ4v) is 3.55. The van der Waals surface area contributed by atoms with Crippen molar-refractivity contribution in [1.82, 2.24) is 4.31 Å². The van der Waals surface area contributed by atoms with Crippen LogP contribution in [0.3, 0.4) is 0 Å². The molecule has 0 radical (unpaired) electrons. The van der Waals surface area contributed by atoms with E-state index < -0.39 is 10.0 Å². The lowest BCUT2D eigenvalue weighted by Crippen LogP contribution is -2.26. The van der Waals surface area contributed by atoms with Gasteiger partial charge in [0.2, 0.25) is 10.0 Å². The predicted molar refractivity (Wildman–Crippen MR) is 78.1 cm³/mol. The van der Waals surface area contributed by atoms with Gasteiger partial charge in [-0.1, -0.05) is 15.9 Å². The molecule has 0 N–H and O–H groups in total. The van der Waals surface area contributed by atoms with Gasteiger partial charge in [0, 0.05) is 11.5 Å². The lowest BCUT2D eigenvalue weighted by Gasteiger charge is -2.18. The SMILES string of the molecule is COc1ccc(Br)cc1S(=O)(=O)N(C)Cc1ccco1. The number of hydrogen-bond acceptors (Lipinski definition) is 4. The summed E-state index contributed by atoms with van der Waals surface area (Å²) in [5, 5.41) is 0. The van der Waals surface area contributed by atoms with Crippen LogP contribution in [0.25, 0.3) is 0 Å². The van der Waals surface area contributed by atoms with Crippen LogP contribution in [-0.2, 0) is 16.6 Å². The highest BCUT2D eigenvalue weighted by molar-refractivity contribution is 9.10. The van der Waals surface area contributed by atoms with Crippen LogP contribution in [0.4, 0.5) is 0 Å². The summed E-state index contributed by atoms with van der Waals surface area (Å²) < 4.78 is 37.3. The van der Waals surface area contributed by atoms with Crippen LogP contribution < -0.4 is 4.74 Å². The van der Waals surface area contributed by atoms with Crippen molar-refractivity contribution in [3.05, 3.63) is 46.8 Å². The number of nitrogens with zero attached hydrogens (tertiary/aromatic N) is 1. The van der Waals surface area contributed by atoms with Crippen LogP contribution in [0.5, 0.6) is 5.75 Å². The Hall–Kier alpha value is -1.31. The maximum Gasteiger partial charge on any atom is 0.246 e. The molecule has 108 valence electrons. The van der Waals surface area contributed by atoms with Crippen LogP contribution in [0.2, 0.25) is 0 Å². The van der Waals surface area contributed by atoms with Gasteiger partial charge in [-0.05, 0) is 30.3 Å². The highest BCUT2D eigenvalue weighted by atomic mass is 79.9. The molecule has 0 aliphatic rings. The highest BCUT2D eigenvalue weighted by Gasteiger charge is 2.25. The number of hydrogen-bond donors (Lipinski definition) is 0. The van der Waals surface area contributed by atoms with Gasteiger partial charge in [-0.25, -0.2) is 8.42 Å². The van der Waals surface area contributed by atoms with Crippen LogP contribution >= 0.6 is 15.9 Å². The van der Waals surface area contributed by atoms with E-state index in [2.05, 4.69) is 15.9 Å². The van der Waals surface area contributed by atoms with E-state index >= 15 is 0 Å². The van der Waals surface area contributed by atoms with Crippen LogP contribution in [0.1, 0.15) is 5.76 Å². The van der Waals surface area contributed by atoms with Gasteiger partial charge >= 0.3 is 0 Å². The molecule has 0 aliphatic heterocycles. The van der Waals surface area contributed by atoms with E-state index in [1.807, 2.05) is 0 Å². The van der Waals surface area contributed by atoms with Gasteiger partial charge < -0.3 is 9.15 Å². The third-order valence-corrected chi connectivity index (χ3v) is 5.09. The molecule has 1 aromatic heterocycles. The number of methoxy groups -OCH3 is 1. The zero-order valence-electron chi connectivity index (χ0n) is 11.0. The van der Waals surface area contributed by atoms with Gasteiger partial charge in [0.15, 0.2) is 0 Å². The monoisotopic (exact) mass is 359 g/mol. The molecule has 1 heterocycles. The van der Waals surface area contributed by atoms with Crippen LogP contribution in [0.15, 0.2) is 50.4 Å². The van der Waals surface area contributed by atoms with E-state index in [1.54, 1.807) is 24.3 Å². The average Bonchev–Trinajstić information content (AvgIpc) is 2.91. The van der Waals surface area contributed by atoms with Gasteiger partial charge in [0.05, 0.1) is 19.9 Å². The lowest BCUT2D eigenvalue weighted by molar-refractivity contribution is 0.388. The lowest BCUT2D eigenvalue weighted by atomic mass is 10.3. The number of sulfonamides is 1. The van der Waals surface area contributed by atoms with E-state index in [0.29, 0.717) is 16.0 Å². The molecule has 5 nitrogen and oxygen atoms in total. The number of ether oxygens (including phenoxy) is 1. The molecule has 20 heavy (non-hydrogen) atoms. The number of rotatable bonds is 5. The third kappa shape index (κ3) is 3.05. The second-order valence-electron chi connectivity index (χ2n) is 4.14. The minimum absolute atomic E-state index is 0.114. The minimum Gasteiger partial charge on any atom is -0.495 e. The Balaban J connectivity index is 2.36. The summed E-state index contributed by atoms with van der Waals surface area (Å²) in [5.74, 6) is 0.879. The van der Waals surface area contributed by atoms with Crippen molar-refractivity contribution < 1.29 is 17.6 Å². The van der Waals surface area contributed by atoms with Gasteiger partial charge in [0.1, 0.15) is 16.4 Å². The first-order chi connectivity index (χ1) is 9.45. The molecule has 0 unspecified atom stereocenters. The first kappa shape index (κ1) is 15.1. The Labute approximate surface area is 126 Å². The van der Waals surface area contributed by atoms with Gasteiger partial charge in [-0.3, -0.25) is 0 Å². The molecule has 0 atom stereocenters. The molecule has 0 aliphatic carbocycles. The molecule has 0 bridgehead atoms. The van der Waals surface area contributed by atoms with E-state index in [0.717, 1.165) is 0 Å². The van der Waals surface area contributed by atoms with Crippen LogP contribution in [0, 0.1) is 0 Å². The molecular formula is C13H14BrNO4S. The number of halogens is 1. The summed E-state index contributed by atoms with van der Waals surface area (Å²) in [6.07, 6.45) is 1.51. The maximum atomic E-state index is 12.6. The topological polar surface area (TPSA) is 59.8 Å². The molecule has 0 saturated carbocycles. The second-order valence-corrected chi connectivity index (χ2v) is 7.06. The first-order valence-corrected chi connectivity index (χ1v) is 8.00. The average molecular weight is 360 g/mol. The van der Waals surface area contributed by atoms with Gasteiger partial charge in [-0.2, -0.15) is 4.31 Å². The van der Waals surface area contributed by atoms with Crippen molar-refractivity contribution in [3.63, 3.8) is 0 Å². The van der Waals surface area contributed by atoms with E-state index in [1.165, 1.54) is 30.8 Å². The highest BCUT2D eigenvalue weighted by Crippen LogP contribution is 2.29. The number of benzene rings is 1. The Bertz CT molecular complexity index is 682. The Morgan fingerprint density at radius 1 is 1.35 bits per heavy atom. The van der Waals surface area contributed by atoms with E-state index in [9.17, 15) is 8.42 Å². The molecule has 0 spiro atoms. The van der Waals surface area contributed by atoms with Crippen molar-refractivity contribution in [2.24, 2.45) is 0 Å². The summed E-state index contributed by atoms with van der Waals surface area (Å²) in [4.78, 5) is 0.114. The molecular weight excluding hydrogens is 346 g/mol. The fraction of sp³-hybridized carbons (Fsp3) is 0.231. The molecule has 0 fully saturated rings. The molecule has 2 aromatic rings. The minimum atomic E-state index is -3.66. The zero-order valence-corrected chi connectivity index (χ0v) is 13.4. The molecule has 2 rings (SSSR count). The summed E-state index contributed by atoms with van der Waals surface area (Å²) in [7, 11) is -0.725. The van der Waals surface area contributed by atoms with Gasteiger partial charge in [-0.15, -0.1) is 0 Å². The normalized spacial score (nSPS) is 11.8. The number of furan rings is 1. The zero-order chi connectivity index (χ0) is 14.8. The quantitative estimate of drug-likeness (QED) is 0.823. The second kappa shape index (κ2) is 5.99. The maximum absolute atomic E-state index is 12.6. The van der Waals surface area contributed by atoms with Crippen molar-refractivity contribution >= 4 is 26.0 Å². The van der Waals surface area contributed by atoms with Crippen molar-refractivity contribution in [1.29, 1.82) is 0 Å². The van der Waals surface area contributed by atoms with Crippen molar-refractivity contribution in [2.75, 3.05) is 14.2 Å². The smallest absolute Gasteiger partial charge is 0.246 e. The van der Waals surface area contributed by atoms with Crippen molar-refractivity contribution in [3.8, 4) is 5.75 Å². The third-order valence-electron chi connectivity index (χ3n) is 2.77. The molecule has 0 amide bonds. The summed E-state index contributed by atoms with van der Waals surface area (Å²) >= 11 is 3.27. The van der Waals surface area contributed by atoms with E-state index in [4.69, 9.17) is 9.15 Å². The Morgan fingerprint density at radius 2 is 2.10 bits per heavy atom. The molecule has 7 heteroatoms. The first-order valence-electron chi connectivity index (χ1n) is 5.77. The predicted octanol–water partition coefficient (Wildman–Crippen LogP) is 2.87. The standard InChI is InChI=1S/C13H14BrNO4S/c1-15(9-11-4-3-7-19-11)20(16,17)13-8-10(14)5-6-12(13)18-2/h3-8H,9H2,1-2H3. The summed E-state index contributed by atoms with van der Waals surface area (Å²) in [5.41, 5.74) is 0.